The van der Waals surface area contributed by atoms with Crippen LogP contribution in [0.1, 0.15) is 81.3 Å². The summed E-state index contributed by atoms with van der Waals surface area (Å²) in [5.41, 5.74) is 1.84. The van der Waals surface area contributed by atoms with Crippen LogP contribution in [0, 0.1) is 11.8 Å². The molecular weight excluding hydrogens is 683 g/mol. The summed E-state index contributed by atoms with van der Waals surface area (Å²) in [4.78, 5) is 58.1. The number of benzene rings is 2. The lowest BCUT2D eigenvalue weighted by molar-refractivity contribution is -0.141. The topological polar surface area (TPSA) is 148 Å². The smallest absolute Gasteiger partial charge is 0.407 e. The predicted molar refractivity (Wildman–Crippen MR) is 198 cm³/mol. The van der Waals surface area contributed by atoms with Gasteiger partial charge in [0.25, 0.3) is 0 Å². The van der Waals surface area contributed by atoms with Crippen molar-refractivity contribution in [2.45, 2.75) is 82.9 Å². The number of anilines is 1. The van der Waals surface area contributed by atoms with Crippen LogP contribution in [0.4, 0.5) is 14.9 Å². The largest absolute Gasteiger partial charge is 0.461 e. The molecule has 0 radical (unpaired) electrons. The molecule has 13 heteroatoms. The zero-order valence-electron chi connectivity index (χ0n) is 31.2. The number of likely N-dealkylation sites (tertiary alicyclic amines) is 1. The highest BCUT2D eigenvalue weighted by molar-refractivity contribution is 6.01. The van der Waals surface area contributed by atoms with Crippen molar-refractivity contribution in [3.8, 4) is 0 Å². The van der Waals surface area contributed by atoms with E-state index in [0.717, 1.165) is 10.9 Å². The lowest BCUT2D eigenvalue weighted by atomic mass is 9.78. The van der Waals surface area contributed by atoms with Crippen LogP contribution in [0.5, 0.6) is 0 Å². The first kappa shape index (κ1) is 39.7. The van der Waals surface area contributed by atoms with Crippen molar-refractivity contribution in [1.82, 2.24) is 15.2 Å². The minimum absolute atomic E-state index is 0.0790. The summed E-state index contributed by atoms with van der Waals surface area (Å²) < 4.78 is 35.1. The third-order valence-corrected chi connectivity index (χ3v) is 9.94. The van der Waals surface area contributed by atoms with Gasteiger partial charge in [0.15, 0.2) is 0 Å². The van der Waals surface area contributed by atoms with Crippen LogP contribution in [-0.2, 0) is 28.5 Å². The Balaban J connectivity index is 1.23. The Morgan fingerprint density at radius 1 is 0.943 bits per heavy atom. The molecule has 2 aromatic carbocycles. The van der Waals surface area contributed by atoms with Gasteiger partial charge in [-0.15, -0.1) is 0 Å². The second kappa shape index (κ2) is 18.5. The summed E-state index contributed by atoms with van der Waals surface area (Å²) in [6, 6.07) is 15.4. The van der Waals surface area contributed by atoms with Crippen molar-refractivity contribution >= 4 is 40.5 Å². The summed E-state index contributed by atoms with van der Waals surface area (Å²) in [5.74, 6) is -1.49. The summed E-state index contributed by atoms with van der Waals surface area (Å²) in [6.45, 7) is 6.64. The van der Waals surface area contributed by atoms with E-state index in [2.05, 4.69) is 15.6 Å². The molecule has 12 nitrogen and oxygen atoms in total. The fourth-order valence-corrected chi connectivity index (χ4v) is 7.34. The van der Waals surface area contributed by atoms with E-state index in [1.807, 2.05) is 30.3 Å². The van der Waals surface area contributed by atoms with Crippen LogP contribution in [0.15, 0.2) is 54.6 Å². The Morgan fingerprint density at radius 3 is 2.40 bits per heavy atom. The van der Waals surface area contributed by atoms with E-state index in [0.29, 0.717) is 81.8 Å². The maximum Gasteiger partial charge on any atom is 0.407 e. The van der Waals surface area contributed by atoms with E-state index in [1.54, 1.807) is 57.0 Å². The highest BCUT2D eigenvalue weighted by Gasteiger charge is 2.45. The molecule has 53 heavy (non-hydrogen) atoms. The molecular formula is C40H53FN4O8. The lowest BCUT2D eigenvalue weighted by Crippen LogP contribution is -2.49. The SMILES string of the molecule is COCCOCCCOC(=O)c1cc2cc(NC(=O)[C@@H]3[C@@H](c4ccccc4)CCN3C(=O)C3CCC(C(CF)NC(=O)OC(C)(C)C)CC3)ccc2[nH]1. The molecule has 1 saturated carbocycles. The van der Waals surface area contributed by atoms with Gasteiger partial charge in [-0.3, -0.25) is 9.59 Å². The lowest BCUT2D eigenvalue weighted by Gasteiger charge is -2.36. The van der Waals surface area contributed by atoms with Crippen LogP contribution >= 0.6 is 0 Å². The normalized spacial score (nSPS) is 20.9. The molecule has 1 saturated heterocycles. The van der Waals surface area contributed by atoms with Gasteiger partial charge in [-0.1, -0.05) is 30.3 Å². The van der Waals surface area contributed by atoms with Gasteiger partial charge in [0.1, 0.15) is 24.0 Å². The van der Waals surface area contributed by atoms with Crippen molar-refractivity contribution in [2.75, 3.05) is 52.1 Å². The van der Waals surface area contributed by atoms with Crippen LogP contribution in [0.2, 0.25) is 0 Å². The van der Waals surface area contributed by atoms with E-state index in [-0.39, 0.29) is 36.2 Å². The number of H-pyrrole nitrogens is 1. The van der Waals surface area contributed by atoms with E-state index in [4.69, 9.17) is 18.9 Å². The average molecular weight is 737 g/mol. The first-order valence-electron chi connectivity index (χ1n) is 18.6. The number of aromatic amines is 1. The fraction of sp³-hybridized carbons (Fsp3) is 0.550. The van der Waals surface area contributed by atoms with Gasteiger partial charge in [0, 0.05) is 55.1 Å². The Kier molecular flexibility index (Phi) is 13.9. The number of methoxy groups -OCH3 is 1. The number of aromatic nitrogens is 1. The van der Waals surface area contributed by atoms with Crippen LogP contribution in [-0.4, -0.2) is 98.2 Å². The number of fused-ring (bicyclic) bond motifs is 1. The van der Waals surface area contributed by atoms with E-state index in [9.17, 15) is 23.6 Å². The molecule has 2 fully saturated rings. The van der Waals surface area contributed by atoms with E-state index >= 15 is 0 Å². The number of nitrogens with one attached hydrogen (secondary N) is 3. The number of ether oxygens (including phenoxy) is 4. The van der Waals surface area contributed by atoms with Crippen molar-refractivity contribution in [1.29, 1.82) is 0 Å². The van der Waals surface area contributed by atoms with Gasteiger partial charge in [0.2, 0.25) is 11.8 Å². The molecule has 1 aromatic heterocycles. The Morgan fingerprint density at radius 2 is 1.70 bits per heavy atom. The standard InChI is InChI=1S/C40H53FN4O8/c1-40(2,3)53-39(49)44-34(25-41)27-11-13-28(14-12-27)37(47)45-18-17-31(26-9-6-5-7-10-26)35(45)36(46)42-30-15-16-32-29(23-30)24-33(43-32)38(48)52-20-8-19-51-22-21-50-4/h5-7,9-10,15-16,23-24,27-28,31,34-35,43H,8,11-14,17-22,25H2,1-4H3,(H,42,46)(H,44,49)/t27?,28?,31-,34?,35+/m1/s1. The van der Waals surface area contributed by atoms with Gasteiger partial charge in [-0.25, -0.2) is 14.0 Å². The van der Waals surface area contributed by atoms with Crippen molar-refractivity contribution in [3.05, 3.63) is 65.9 Å². The number of halogens is 1. The number of hydrogen-bond acceptors (Lipinski definition) is 8. The summed E-state index contributed by atoms with van der Waals surface area (Å²) in [6.07, 6.45) is 2.76. The number of carbonyl (C=O) groups excluding carboxylic acids is 4. The number of carbonyl (C=O) groups is 4. The highest BCUT2D eigenvalue weighted by atomic mass is 19.1. The molecule has 1 unspecified atom stereocenters. The summed E-state index contributed by atoms with van der Waals surface area (Å²) in [7, 11) is 1.60. The molecule has 3 N–H and O–H groups in total. The molecule has 5 rings (SSSR count). The van der Waals surface area contributed by atoms with Gasteiger partial charge in [0.05, 0.1) is 25.9 Å². The molecule has 2 aliphatic rings. The van der Waals surface area contributed by atoms with Crippen molar-refractivity contribution in [3.63, 3.8) is 0 Å². The number of amides is 3. The van der Waals surface area contributed by atoms with Crippen LogP contribution in [0.25, 0.3) is 10.9 Å². The first-order chi connectivity index (χ1) is 25.5. The average Bonchev–Trinajstić information content (AvgIpc) is 3.78. The molecule has 1 aliphatic carbocycles. The van der Waals surface area contributed by atoms with Crippen LogP contribution in [0.3, 0.4) is 0 Å². The molecule has 3 aromatic rings. The molecule has 0 bridgehead atoms. The van der Waals surface area contributed by atoms with Gasteiger partial charge < -0.3 is 39.5 Å². The fourth-order valence-electron chi connectivity index (χ4n) is 7.34. The number of nitrogens with zero attached hydrogens (tertiary/aromatic N) is 1. The second-order valence-corrected chi connectivity index (χ2v) is 14.9. The second-order valence-electron chi connectivity index (χ2n) is 14.9. The molecule has 3 amide bonds. The van der Waals surface area contributed by atoms with Crippen molar-refractivity contribution in [2.24, 2.45) is 11.8 Å². The van der Waals surface area contributed by atoms with Gasteiger partial charge >= 0.3 is 12.1 Å². The predicted octanol–water partition coefficient (Wildman–Crippen LogP) is 6.37. The van der Waals surface area contributed by atoms with E-state index in [1.165, 1.54) is 0 Å². The Hall–Kier alpha value is -4.49. The minimum atomic E-state index is -0.735. The number of hydrogen-bond donors (Lipinski definition) is 3. The zero-order chi connectivity index (χ0) is 38.0. The Labute approximate surface area is 310 Å². The van der Waals surface area contributed by atoms with Crippen LogP contribution < -0.4 is 10.6 Å². The monoisotopic (exact) mass is 736 g/mol. The quantitative estimate of drug-likeness (QED) is 0.121. The number of rotatable bonds is 15. The maximum atomic E-state index is 14.2. The summed E-state index contributed by atoms with van der Waals surface area (Å²) >= 11 is 0. The third kappa shape index (κ3) is 10.8. The Bertz CT molecular complexity index is 1680. The molecule has 2 heterocycles. The number of esters is 1. The molecule has 1 aliphatic heterocycles. The summed E-state index contributed by atoms with van der Waals surface area (Å²) in [5, 5.41) is 6.45. The molecule has 3 atom stereocenters. The van der Waals surface area contributed by atoms with Gasteiger partial charge in [-0.05, 0) is 88.6 Å². The number of alkyl halides is 1. The molecule has 288 valence electrons. The maximum absolute atomic E-state index is 14.2. The van der Waals surface area contributed by atoms with E-state index < -0.39 is 36.4 Å². The number of alkyl carbamates (subject to hydrolysis) is 1. The molecule has 0 spiro atoms. The minimum Gasteiger partial charge on any atom is -0.461 e. The highest BCUT2D eigenvalue weighted by Crippen LogP contribution is 2.39. The van der Waals surface area contributed by atoms with Crippen molar-refractivity contribution < 1.29 is 42.5 Å². The first-order valence-corrected chi connectivity index (χ1v) is 18.6. The van der Waals surface area contributed by atoms with Gasteiger partial charge in [-0.2, -0.15) is 0 Å². The third-order valence-electron chi connectivity index (χ3n) is 9.94. The zero-order valence-corrected chi connectivity index (χ0v) is 31.2.